The molecule has 106 valence electrons. The maximum Gasteiger partial charge on any atom is 0.334 e. The molecule has 1 atom stereocenters. The number of carbonyl (C=O) groups is 1. The minimum Gasteiger partial charge on any atom is -0.467 e. The molecule has 0 bridgehead atoms. The van der Waals surface area contributed by atoms with Crippen LogP contribution in [0.3, 0.4) is 0 Å². The van der Waals surface area contributed by atoms with E-state index < -0.39 is 12.1 Å². The molecule has 1 N–H and O–H groups in total. The van der Waals surface area contributed by atoms with Crippen molar-refractivity contribution in [3.05, 3.63) is 18.5 Å². The van der Waals surface area contributed by atoms with E-state index in [9.17, 15) is 9.90 Å². The summed E-state index contributed by atoms with van der Waals surface area (Å²) in [6.45, 7) is 3.62. The van der Waals surface area contributed by atoms with Crippen molar-refractivity contribution >= 4 is 5.97 Å². The van der Waals surface area contributed by atoms with Gasteiger partial charge >= 0.3 is 5.97 Å². The van der Waals surface area contributed by atoms with Crippen LogP contribution in [-0.2, 0) is 16.1 Å². The zero-order chi connectivity index (χ0) is 13.7. The van der Waals surface area contributed by atoms with Gasteiger partial charge in [0.1, 0.15) is 0 Å². The summed E-state index contributed by atoms with van der Waals surface area (Å²) in [5.41, 5.74) is 0. The number of piperidine rings is 1. The van der Waals surface area contributed by atoms with Gasteiger partial charge in [0.25, 0.3) is 0 Å². The van der Waals surface area contributed by atoms with E-state index in [1.54, 1.807) is 6.20 Å². The molecule has 1 fully saturated rings. The molecule has 19 heavy (non-hydrogen) atoms. The highest BCUT2D eigenvalue weighted by molar-refractivity contribution is 5.74. The molecule has 2 heterocycles. The van der Waals surface area contributed by atoms with Gasteiger partial charge < -0.3 is 14.7 Å². The predicted molar refractivity (Wildman–Crippen MR) is 69.4 cm³/mol. The van der Waals surface area contributed by atoms with E-state index in [0.717, 1.165) is 39.0 Å². The lowest BCUT2D eigenvalue weighted by Gasteiger charge is -2.33. The highest BCUT2D eigenvalue weighted by atomic mass is 16.5. The van der Waals surface area contributed by atoms with E-state index in [2.05, 4.69) is 14.7 Å². The van der Waals surface area contributed by atoms with Crippen molar-refractivity contribution in [1.29, 1.82) is 0 Å². The number of esters is 1. The third-order valence-electron chi connectivity index (χ3n) is 3.73. The van der Waals surface area contributed by atoms with E-state index in [4.69, 9.17) is 0 Å². The Morgan fingerprint density at radius 3 is 2.79 bits per heavy atom. The van der Waals surface area contributed by atoms with Crippen LogP contribution in [0.4, 0.5) is 0 Å². The molecule has 6 nitrogen and oxygen atoms in total. The zero-order valence-corrected chi connectivity index (χ0v) is 11.2. The number of likely N-dealkylation sites (tertiary alicyclic amines) is 1. The predicted octanol–water partition coefficient (Wildman–Crippen LogP) is 0.129. The van der Waals surface area contributed by atoms with E-state index in [0.29, 0.717) is 0 Å². The number of aliphatic hydroxyl groups is 1. The monoisotopic (exact) mass is 267 g/mol. The summed E-state index contributed by atoms with van der Waals surface area (Å²) in [5, 5.41) is 14.0. The average Bonchev–Trinajstić information content (AvgIpc) is 2.97. The second-order valence-electron chi connectivity index (χ2n) is 4.92. The van der Waals surface area contributed by atoms with Gasteiger partial charge in [0.2, 0.25) is 0 Å². The molecule has 1 aromatic rings. The van der Waals surface area contributed by atoms with Crippen LogP contribution in [-0.4, -0.2) is 58.6 Å². The fraction of sp³-hybridized carbons (Fsp3) is 0.692. The molecular weight excluding hydrogens is 246 g/mol. The minimum absolute atomic E-state index is 0.0217. The number of hydrogen-bond acceptors (Lipinski definition) is 5. The van der Waals surface area contributed by atoms with Gasteiger partial charge in [-0.3, -0.25) is 4.68 Å². The van der Waals surface area contributed by atoms with Gasteiger partial charge in [-0.2, -0.15) is 5.10 Å². The standard InChI is InChI=1S/C13H21N3O3/c1-19-13(18)12(17)11-3-7-15(8-4-11)9-10-16-6-2-5-14-16/h2,5-6,11-12,17H,3-4,7-10H2,1H3/t12-/m1/s1. The van der Waals surface area contributed by atoms with Crippen LogP contribution in [0.15, 0.2) is 18.5 Å². The number of nitrogens with zero attached hydrogens (tertiary/aromatic N) is 3. The fourth-order valence-electron chi connectivity index (χ4n) is 2.48. The third kappa shape index (κ3) is 3.78. The molecule has 1 saturated heterocycles. The van der Waals surface area contributed by atoms with Crippen molar-refractivity contribution in [3.8, 4) is 0 Å². The first-order chi connectivity index (χ1) is 9.20. The SMILES string of the molecule is COC(=O)[C@H](O)C1CCN(CCn2cccn2)CC1. The van der Waals surface area contributed by atoms with Gasteiger partial charge in [-0.25, -0.2) is 4.79 Å². The van der Waals surface area contributed by atoms with Crippen molar-refractivity contribution in [2.45, 2.75) is 25.5 Å². The van der Waals surface area contributed by atoms with E-state index in [1.807, 2.05) is 16.9 Å². The first-order valence-electron chi connectivity index (χ1n) is 6.66. The Hall–Kier alpha value is -1.40. The molecule has 0 aromatic carbocycles. The minimum atomic E-state index is -0.974. The zero-order valence-electron chi connectivity index (χ0n) is 11.2. The molecular formula is C13H21N3O3. The number of carbonyl (C=O) groups excluding carboxylic acids is 1. The number of aliphatic hydroxyl groups excluding tert-OH is 1. The first kappa shape index (κ1) is 14.0. The topological polar surface area (TPSA) is 67.6 Å². The first-order valence-corrected chi connectivity index (χ1v) is 6.66. The summed E-state index contributed by atoms with van der Waals surface area (Å²) in [6.07, 6.45) is 4.41. The molecule has 6 heteroatoms. The van der Waals surface area contributed by atoms with Crippen molar-refractivity contribution < 1.29 is 14.6 Å². The van der Waals surface area contributed by atoms with Crippen LogP contribution < -0.4 is 0 Å². The second-order valence-corrected chi connectivity index (χ2v) is 4.92. The van der Waals surface area contributed by atoms with Crippen molar-refractivity contribution in [2.75, 3.05) is 26.7 Å². The highest BCUT2D eigenvalue weighted by Gasteiger charge is 2.30. The van der Waals surface area contributed by atoms with Crippen LogP contribution in [0, 0.1) is 5.92 Å². The average molecular weight is 267 g/mol. The molecule has 0 aliphatic carbocycles. The summed E-state index contributed by atoms with van der Waals surface area (Å²) in [5.74, 6) is -0.497. The lowest BCUT2D eigenvalue weighted by molar-refractivity contribution is -0.154. The smallest absolute Gasteiger partial charge is 0.334 e. The summed E-state index contributed by atoms with van der Waals surface area (Å²) in [4.78, 5) is 13.6. The van der Waals surface area contributed by atoms with E-state index in [1.165, 1.54) is 7.11 Å². The Kier molecular flexibility index (Phi) is 4.93. The number of hydrogen-bond donors (Lipinski definition) is 1. The molecule has 2 rings (SSSR count). The Bertz CT molecular complexity index is 386. The molecule has 0 saturated carbocycles. The van der Waals surface area contributed by atoms with Gasteiger partial charge in [-0.15, -0.1) is 0 Å². The van der Waals surface area contributed by atoms with Crippen molar-refractivity contribution in [2.24, 2.45) is 5.92 Å². The molecule has 1 aliphatic heterocycles. The molecule has 0 amide bonds. The lowest BCUT2D eigenvalue weighted by atomic mass is 9.91. The van der Waals surface area contributed by atoms with Gasteiger partial charge in [-0.1, -0.05) is 0 Å². The number of ether oxygens (including phenoxy) is 1. The Morgan fingerprint density at radius 2 is 2.21 bits per heavy atom. The normalized spacial score (nSPS) is 19.3. The number of methoxy groups -OCH3 is 1. The quantitative estimate of drug-likeness (QED) is 0.768. The molecule has 0 radical (unpaired) electrons. The van der Waals surface area contributed by atoms with Crippen LogP contribution in [0.5, 0.6) is 0 Å². The van der Waals surface area contributed by atoms with Gasteiger partial charge in [0.05, 0.1) is 13.7 Å². The largest absolute Gasteiger partial charge is 0.467 e. The second kappa shape index (κ2) is 6.68. The summed E-state index contributed by atoms with van der Waals surface area (Å²) in [6, 6.07) is 1.92. The molecule has 0 spiro atoms. The van der Waals surface area contributed by atoms with Gasteiger partial charge in [-0.05, 0) is 37.9 Å². The number of aromatic nitrogens is 2. The van der Waals surface area contributed by atoms with Crippen LogP contribution in [0.25, 0.3) is 0 Å². The summed E-state index contributed by atoms with van der Waals surface area (Å²) in [7, 11) is 1.31. The van der Waals surface area contributed by atoms with Crippen LogP contribution >= 0.6 is 0 Å². The Labute approximate surface area is 113 Å². The lowest BCUT2D eigenvalue weighted by Crippen LogP contribution is -2.41. The molecule has 1 aromatic heterocycles. The van der Waals surface area contributed by atoms with Crippen molar-refractivity contribution in [3.63, 3.8) is 0 Å². The van der Waals surface area contributed by atoms with Gasteiger partial charge in [0, 0.05) is 18.9 Å². The van der Waals surface area contributed by atoms with Crippen molar-refractivity contribution in [1.82, 2.24) is 14.7 Å². The third-order valence-corrected chi connectivity index (χ3v) is 3.73. The van der Waals surface area contributed by atoms with E-state index in [-0.39, 0.29) is 5.92 Å². The fourth-order valence-corrected chi connectivity index (χ4v) is 2.48. The van der Waals surface area contributed by atoms with E-state index >= 15 is 0 Å². The molecule has 1 aliphatic rings. The van der Waals surface area contributed by atoms with Crippen LogP contribution in [0.1, 0.15) is 12.8 Å². The highest BCUT2D eigenvalue weighted by Crippen LogP contribution is 2.21. The molecule has 0 unspecified atom stereocenters. The summed E-state index contributed by atoms with van der Waals surface area (Å²) >= 11 is 0. The Balaban J connectivity index is 1.71. The maximum atomic E-state index is 11.3. The van der Waals surface area contributed by atoms with Gasteiger partial charge in [0.15, 0.2) is 6.10 Å². The Morgan fingerprint density at radius 1 is 1.47 bits per heavy atom. The van der Waals surface area contributed by atoms with Crippen LogP contribution in [0.2, 0.25) is 0 Å². The number of rotatable bonds is 5. The summed E-state index contributed by atoms with van der Waals surface area (Å²) < 4.78 is 6.49. The maximum absolute atomic E-state index is 11.3.